The lowest BCUT2D eigenvalue weighted by Crippen LogP contribution is -2.41. The average molecular weight is 180 g/mol. The van der Waals surface area contributed by atoms with Crippen molar-refractivity contribution >= 4 is 5.97 Å². The number of aliphatic carboxylic acids is 1. The van der Waals surface area contributed by atoms with Gasteiger partial charge in [-0.1, -0.05) is 26.0 Å². The summed E-state index contributed by atoms with van der Waals surface area (Å²) in [7, 11) is 0. The van der Waals surface area contributed by atoms with Crippen LogP contribution in [0.15, 0.2) is 12.2 Å². The third-order valence-electron chi connectivity index (χ3n) is 4.42. The Bertz CT molecular complexity index is 290. The van der Waals surface area contributed by atoms with Crippen molar-refractivity contribution in [2.75, 3.05) is 0 Å². The van der Waals surface area contributed by atoms with Crippen molar-refractivity contribution in [2.45, 2.75) is 33.1 Å². The van der Waals surface area contributed by atoms with Crippen molar-refractivity contribution < 1.29 is 9.90 Å². The van der Waals surface area contributed by atoms with Crippen LogP contribution in [-0.4, -0.2) is 11.1 Å². The van der Waals surface area contributed by atoms with Gasteiger partial charge in [-0.2, -0.15) is 0 Å². The zero-order valence-electron chi connectivity index (χ0n) is 8.26. The normalized spacial score (nSPS) is 41.1. The van der Waals surface area contributed by atoms with E-state index in [-0.39, 0.29) is 5.41 Å². The standard InChI is InChI=1S/C11H16O2/c1-7-8-4-5-11(6-8,9(12)13)10(7,2)3/h8H,1,4-6H2,2-3H3,(H,12,13)/t8-,11+/m1/s1. The summed E-state index contributed by atoms with van der Waals surface area (Å²) in [4.78, 5) is 11.3. The molecule has 2 nitrogen and oxygen atoms in total. The van der Waals surface area contributed by atoms with Gasteiger partial charge in [-0.15, -0.1) is 0 Å². The molecule has 0 radical (unpaired) electrons. The molecule has 2 fully saturated rings. The Balaban J connectivity index is 2.50. The number of hydrogen-bond acceptors (Lipinski definition) is 1. The van der Waals surface area contributed by atoms with Crippen LogP contribution >= 0.6 is 0 Å². The quantitative estimate of drug-likeness (QED) is 0.629. The monoisotopic (exact) mass is 180 g/mol. The van der Waals surface area contributed by atoms with Gasteiger partial charge >= 0.3 is 5.97 Å². The van der Waals surface area contributed by atoms with E-state index in [1.807, 2.05) is 13.8 Å². The minimum absolute atomic E-state index is 0.207. The van der Waals surface area contributed by atoms with Crippen LogP contribution in [-0.2, 0) is 4.79 Å². The first-order chi connectivity index (χ1) is 5.92. The van der Waals surface area contributed by atoms with Crippen molar-refractivity contribution in [1.82, 2.24) is 0 Å². The van der Waals surface area contributed by atoms with E-state index in [1.165, 1.54) is 0 Å². The largest absolute Gasteiger partial charge is 0.481 e. The fourth-order valence-electron chi connectivity index (χ4n) is 3.19. The Morgan fingerprint density at radius 1 is 1.62 bits per heavy atom. The maximum absolute atomic E-state index is 11.3. The molecular weight excluding hydrogens is 164 g/mol. The highest BCUT2D eigenvalue weighted by Crippen LogP contribution is 2.66. The molecule has 2 aliphatic carbocycles. The second-order valence-electron chi connectivity index (χ2n) is 4.98. The predicted octanol–water partition coefficient (Wildman–Crippen LogP) is 2.45. The smallest absolute Gasteiger partial charge is 0.310 e. The molecule has 0 amide bonds. The SMILES string of the molecule is C=C1[C@@H]2CC[C@@](C(=O)O)(C2)C1(C)C. The fourth-order valence-corrected chi connectivity index (χ4v) is 3.19. The topological polar surface area (TPSA) is 37.3 Å². The summed E-state index contributed by atoms with van der Waals surface area (Å²) in [6.07, 6.45) is 2.67. The van der Waals surface area contributed by atoms with Gasteiger partial charge in [0.1, 0.15) is 0 Å². The third-order valence-corrected chi connectivity index (χ3v) is 4.42. The molecule has 0 heterocycles. The molecule has 72 valence electrons. The van der Waals surface area contributed by atoms with Crippen LogP contribution in [0.4, 0.5) is 0 Å². The summed E-state index contributed by atoms with van der Waals surface area (Å²) in [5.41, 5.74) is 0.442. The number of allylic oxidation sites excluding steroid dienone is 1. The summed E-state index contributed by atoms with van der Waals surface area (Å²) in [6.45, 7) is 8.11. The van der Waals surface area contributed by atoms with Crippen molar-refractivity contribution in [3.8, 4) is 0 Å². The molecule has 0 aliphatic heterocycles. The Kier molecular flexibility index (Phi) is 1.47. The van der Waals surface area contributed by atoms with Crippen LogP contribution in [0.1, 0.15) is 33.1 Å². The van der Waals surface area contributed by atoms with E-state index in [1.54, 1.807) is 0 Å². The summed E-state index contributed by atoms with van der Waals surface area (Å²) < 4.78 is 0. The highest BCUT2D eigenvalue weighted by atomic mass is 16.4. The van der Waals surface area contributed by atoms with Crippen LogP contribution in [0.2, 0.25) is 0 Å². The maximum atomic E-state index is 11.3. The summed E-state index contributed by atoms with van der Waals surface area (Å²) in [6, 6.07) is 0. The summed E-state index contributed by atoms with van der Waals surface area (Å²) >= 11 is 0. The molecule has 0 spiro atoms. The molecule has 0 aromatic rings. The molecule has 1 N–H and O–H groups in total. The highest BCUT2D eigenvalue weighted by molar-refractivity contribution is 5.78. The molecule has 13 heavy (non-hydrogen) atoms. The van der Waals surface area contributed by atoms with Crippen LogP contribution in [0.3, 0.4) is 0 Å². The lowest BCUT2D eigenvalue weighted by molar-refractivity contribution is -0.153. The molecular formula is C11H16O2. The van der Waals surface area contributed by atoms with E-state index in [0.717, 1.165) is 24.8 Å². The molecule has 0 saturated heterocycles. The number of hydrogen-bond donors (Lipinski definition) is 1. The summed E-state index contributed by atoms with van der Waals surface area (Å²) in [5.74, 6) is -0.162. The van der Waals surface area contributed by atoms with Crippen molar-refractivity contribution in [2.24, 2.45) is 16.7 Å². The highest BCUT2D eigenvalue weighted by Gasteiger charge is 2.63. The zero-order valence-corrected chi connectivity index (χ0v) is 8.26. The third kappa shape index (κ3) is 0.767. The number of fused-ring (bicyclic) bond motifs is 2. The molecule has 2 saturated carbocycles. The minimum Gasteiger partial charge on any atom is -0.481 e. The van der Waals surface area contributed by atoms with Gasteiger partial charge in [0, 0.05) is 5.41 Å². The average Bonchev–Trinajstić information content (AvgIpc) is 2.53. The van der Waals surface area contributed by atoms with Crippen LogP contribution < -0.4 is 0 Å². The second-order valence-corrected chi connectivity index (χ2v) is 4.98. The zero-order chi connectivity index (χ0) is 9.85. The predicted molar refractivity (Wildman–Crippen MR) is 50.3 cm³/mol. The van der Waals surface area contributed by atoms with Crippen molar-refractivity contribution in [1.29, 1.82) is 0 Å². The van der Waals surface area contributed by atoms with Gasteiger partial charge in [0.2, 0.25) is 0 Å². The Hall–Kier alpha value is -0.790. The fraction of sp³-hybridized carbons (Fsp3) is 0.727. The lowest BCUT2D eigenvalue weighted by atomic mass is 9.63. The number of carboxylic acids is 1. The first-order valence-electron chi connectivity index (χ1n) is 4.84. The first-order valence-corrected chi connectivity index (χ1v) is 4.84. The van der Waals surface area contributed by atoms with Gasteiger partial charge in [-0.25, -0.2) is 0 Å². The van der Waals surface area contributed by atoms with Crippen molar-refractivity contribution in [3.63, 3.8) is 0 Å². The van der Waals surface area contributed by atoms with Gasteiger partial charge in [0.05, 0.1) is 5.41 Å². The summed E-state index contributed by atoms with van der Waals surface area (Å²) in [5, 5.41) is 9.30. The van der Waals surface area contributed by atoms with Gasteiger partial charge in [-0.05, 0) is 25.2 Å². The van der Waals surface area contributed by atoms with E-state index in [9.17, 15) is 9.90 Å². The number of carboxylic acid groups (broad SMARTS) is 1. The first kappa shape index (κ1) is 8.79. The Labute approximate surface area is 78.6 Å². The minimum atomic E-state index is -0.626. The number of carbonyl (C=O) groups is 1. The van der Waals surface area contributed by atoms with Crippen LogP contribution in [0, 0.1) is 16.7 Å². The lowest BCUT2D eigenvalue weighted by Gasteiger charge is -2.39. The van der Waals surface area contributed by atoms with Gasteiger partial charge in [0.25, 0.3) is 0 Å². The van der Waals surface area contributed by atoms with E-state index >= 15 is 0 Å². The van der Waals surface area contributed by atoms with E-state index in [0.29, 0.717) is 5.92 Å². The molecule has 2 aliphatic rings. The second kappa shape index (κ2) is 2.17. The molecule has 2 bridgehead atoms. The number of rotatable bonds is 1. The van der Waals surface area contributed by atoms with Crippen LogP contribution in [0.25, 0.3) is 0 Å². The van der Waals surface area contributed by atoms with Gasteiger partial charge < -0.3 is 5.11 Å². The molecule has 0 aromatic carbocycles. The van der Waals surface area contributed by atoms with E-state index in [2.05, 4.69) is 6.58 Å². The Morgan fingerprint density at radius 2 is 2.23 bits per heavy atom. The van der Waals surface area contributed by atoms with Gasteiger partial charge in [0.15, 0.2) is 0 Å². The van der Waals surface area contributed by atoms with Crippen molar-refractivity contribution in [3.05, 3.63) is 12.2 Å². The van der Waals surface area contributed by atoms with E-state index in [4.69, 9.17) is 0 Å². The maximum Gasteiger partial charge on any atom is 0.310 e. The van der Waals surface area contributed by atoms with Crippen LogP contribution in [0.5, 0.6) is 0 Å². The molecule has 2 rings (SSSR count). The molecule has 0 unspecified atom stereocenters. The molecule has 2 heteroatoms. The molecule has 2 atom stereocenters. The van der Waals surface area contributed by atoms with E-state index < -0.39 is 11.4 Å². The Morgan fingerprint density at radius 3 is 2.54 bits per heavy atom. The molecule has 0 aromatic heterocycles. The van der Waals surface area contributed by atoms with Gasteiger partial charge in [-0.3, -0.25) is 4.79 Å².